The molecule has 2 aromatic rings. The highest BCUT2D eigenvalue weighted by Crippen LogP contribution is 2.15. The fourth-order valence-corrected chi connectivity index (χ4v) is 1.94. The minimum absolute atomic E-state index is 0.0840. The zero-order valence-corrected chi connectivity index (χ0v) is 11.4. The van der Waals surface area contributed by atoms with Gasteiger partial charge in [-0.25, -0.2) is 0 Å². The van der Waals surface area contributed by atoms with Crippen molar-refractivity contribution >= 4 is 11.6 Å². The van der Waals surface area contributed by atoms with E-state index in [2.05, 4.69) is 20.8 Å². The summed E-state index contributed by atoms with van der Waals surface area (Å²) in [5.41, 5.74) is 4.78. The molecule has 3 N–H and O–H groups in total. The number of benzene rings is 1. The van der Waals surface area contributed by atoms with Gasteiger partial charge in [-0.2, -0.15) is 5.10 Å². The number of carbonyl (C=O) groups excluding carboxylic acids is 1. The van der Waals surface area contributed by atoms with Crippen molar-refractivity contribution in [3.05, 3.63) is 46.8 Å². The van der Waals surface area contributed by atoms with Crippen LogP contribution in [0.15, 0.2) is 24.3 Å². The normalized spacial score (nSPS) is 10.3. The number of nitrogens with one attached hydrogen (secondary N) is 3. The highest BCUT2D eigenvalue weighted by molar-refractivity contribution is 5.94. The van der Waals surface area contributed by atoms with Gasteiger partial charge < -0.3 is 10.6 Å². The zero-order valence-electron chi connectivity index (χ0n) is 11.4. The standard InChI is InChI=1S/C14H18N4O/c1-9-13(10(2)18-17-9)8-16-12-6-4-5-11(7-12)14(19)15-3/h4-7,16H,8H2,1-3H3,(H,15,19)(H,17,18). The van der Waals surface area contributed by atoms with Gasteiger partial charge >= 0.3 is 0 Å². The summed E-state index contributed by atoms with van der Waals surface area (Å²) in [5, 5.41) is 13.0. The number of aromatic amines is 1. The summed E-state index contributed by atoms with van der Waals surface area (Å²) >= 11 is 0. The van der Waals surface area contributed by atoms with Crippen LogP contribution in [0.4, 0.5) is 5.69 Å². The molecule has 0 fully saturated rings. The number of anilines is 1. The van der Waals surface area contributed by atoms with Gasteiger partial charge in [0.25, 0.3) is 5.91 Å². The van der Waals surface area contributed by atoms with Crippen LogP contribution in [0, 0.1) is 13.8 Å². The number of aromatic nitrogens is 2. The van der Waals surface area contributed by atoms with Gasteiger partial charge in [0.15, 0.2) is 0 Å². The van der Waals surface area contributed by atoms with Crippen molar-refractivity contribution in [2.45, 2.75) is 20.4 Å². The fourth-order valence-electron chi connectivity index (χ4n) is 1.94. The third-order valence-corrected chi connectivity index (χ3v) is 3.10. The van der Waals surface area contributed by atoms with Crippen LogP contribution in [0.5, 0.6) is 0 Å². The molecule has 2 rings (SSSR count). The number of carbonyl (C=O) groups is 1. The molecule has 0 aliphatic rings. The second-order valence-electron chi connectivity index (χ2n) is 4.43. The minimum Gasteiger partial charge on any atom is -0.381 e. The SMILES string of the molecule is CNC(=O)c1cccc(NCc2c(C)n[nH]c2C)c1. The van der Waals surface area contributed by atoms with E-state index in [9.17, 15) is 4.79 Å². The Balaban J connectivity index is 2.10. The van der Waals surface area contributed by atoms with Crippen molar-refractivity contribution < 1.29 is 4.79 Å². The van der Waals surface area contributed by atoms with Gasteiger partial charge in [-0.3, -0.25) is 9.89 Å². The summed E-state index contributed by atoms with van der Waals surface area (Å²) in [6.07, 6.45) is 0. The molecule has 1 heterocycles. The molecule has 100 valence electrons. The third kappa shape index (κ3) is 2.93. The first-order valence-electron chi connectivity index (χ1n) is 6.18. The maximum atomic E-state index is 11.6. The quantitative estimate of drug-likeness (QED) is 0.785. The van der Waals surface area contributed by atoms with Crippen LogP contribution in [-0.4, -0.2) is 23.2 Å². The van der Waals surface area contributed by atoms with E-state index < -0.39 is 0 Å². The van der Waals surface area contributed by atoms with Crippen molar-refractivity contribution in [2.75, 3.05) is 12.4 Å². The number of rotatable bonds is 4. The second kappa shape index (κ2) is 5.56. The molecule has 0 atom stereocenters. The fraction of sp³-hybridized carbons (Fsp3) is 0.286. The van der Waals surface area contributed by atoms with Crippen molar-refractivity contribution in [1.29, 1.82) is 0 Å². The van der Waals surface area contributed by atoms with Gasteiger partial charge in [-0.05, 0) is 32.0 Å². The number of nitrogens with zero attached hydrogens (tertiary/aromatic N) is 1. The first-order chi connectivity index (χ1) is 9.11. The Bertz CT molecular complexity index is 569. The maximum Gasteiger partial charge on any atom is 0.251 e. The van der Waals surface area contributed by atoms with E-state index in [0.29, 0.717) is 12.1 Å². The lowest BCUT2D eigenvalue weighted by Crippen LogP contribution is -2.17. The highest BCUT2D eigenvalue weighted by atomic mass is 16.1. The molecule has 0 radical (unpaired) electrons. The topological polar surface area (TPSA) is 69.8 Å². The van der Waals surface area contributed by atoms with Crippen LogP contribution in [0.1, 0.15) is 27.3 Å². The monoisotopic (exact) mass is 258 g/mol. The van der Waals surface area contributed by atoms with Gasteiger partial charge in [0.2, 0.25) is 0 Å². The molecule has 19 heavy (non-hydrogen) atoms. The third-order valence-electron chi connectivity index (χ3n) is 3.10. The maximum absolute atomic E-state index is 11.6. The molecular formula is C14H18N4O. The Morgan fingerprint density at radius 3 is 2.79 bits per heavy atom. The number of hydrogen-bond donors (Lipinski definition) is 3. The molecule has 1 aromatic heterocycles. The lowest BCUT2D eigenvalue weighted by molar-refractivity contribution is 0.0963. The minimum atomic E-state index is -0.0840. The average Bonchev–Trinajstić information content (AvgIpc) is 2.75. The number of hydrogen-bond acceptors (Lipinski definition) is 3. The molecule has 0 saturated carbocycles. The Kier molecular flexibility index (Phi) is 3.85. The Labute approximate surface area is 112 Å². The molecule has 0 aliphatic carbocycles. The second-order valence-corrected chi connectivity index (χ2v) is 4.43. The van der Waals surface area contributed by atoms with Crippen molar-refractivity contribution in [3.63, 3.8) is 0 Å². The summed E-state index contributed by atoms with van der Waals surface area (Å²) in [6.45, 7) is 4.66. The van der Waals surface area contributed by atoms with E-state index >= 15 is 0 Å². The van der Waals surface area contributed by atoms with Gasteiger partial charge in [0.05, 0.1) is 5.69 Å². The molecule has 1 amide bonds. The van der Waals surface area contributed by atoms with Crippen LogP contribution in [0.2, 0.25) is 0 Å². The van der Waals surface area contributed by atoms with Crippen LogP contribution < -0.4 is 10.6 Å². The Hall–Kier alpha value is -2.30. The summed E-state index contributed by atoms with van der Waals surface area (Å²) in [7, 11) is 1.63. The summed E-state index contributed by atoms with van der Waals surface area (Å²) in [6, 6.07) is 7.43. The predicted octanol–water partition coefficient (Wildman–Crippen LogP) is 2.00. The van der Waals surface area contributed by atoms with E-state index in [1.165, 1.54) is 0 Å². The highest BCUT2D eigenvalue weighted by Gasteiger charge is 2.07. The molecule has 5 heteroatoms. The first-order valence-corrected chi connectivity index (χ1v) is 6.18. The van der Waals surface area contributed by atoms with Gasteiger partial charge in [0.1, 0.15) is 0 Å². The van der Waals surface area contributed by atoms with Gasteiger partial charge in [0, 0.05) is 36.1 Å². The molecule has 0 saturated heterocycles. The van der Waals surface area contributed by atoms with Gasteiger partial charge in [-0.15, -0.1) is 0 Å². The number of aryl methyl sites for hydroxylation is 2. The number of amides is 1. The van der Waals surface area contributed by atoms with Gasteiger partial charge in [-0.1, -0.05) is 6.07 Å². The van der Waals surface area contributed by atoms with Crippen LogP contribution in [0.25, 0.3) is 0 Å². The van der Waals surface area contributed by atoms with Crippen molar-refractivity contribution in [1.82, 2.24) is 15.5 Å². The smallest absolute Gasteiger partial charge is 0.251 e. The molecule has 0 bridgehead atoms. The first kappa shape index (κ1) is 13.1. The molecule has 0 unspecified atom stereocenters. The zero-order chi connectivity index (χ0) is 13.8. The summed E-state index contributed by atoms with van der Waals surface area (Å²) < 4.78 is 0. The predicted molar refractivity (Wildman–Crippen MR) is 75.2 cm³/mol. The molecule has 1 aromatic carbocycles. The molecule has 0 aliphatic heterocycles. The molecule has 5 nitrogen and oxygen atoms in total. The van der Waals surface area contributed by atoms with Crippen molar-refractivity contribution in [2.24, 2.45) is 0 Å². The van der Waals surface area contributed by atoms with E-state index in [1.807, 2.05) is 32.0 Å². The number of H-pyrrole nitrogens is 1. The summed E-state index contributed by atoms with van der Waals surface area (Å²) in [4.78, 5) is 11.6. The van der Waals surface area contributed by atoms with Crippen molar-refractivity contribution in [3.8, 4) is 0 Å². The van der Waals surface area contributed by atoms with Crippen LogP contribution >= 0.6 is 0 Å². The van der Waals surface area contributed by atoms with E-state index in [1.54, 1.807) is 13.1 Å². The molecule has 0 spiro atoms. The Morgan fingerprint density at radius 2 is 2.16 bits per heavy atom. The van der Waals surface area contributed by atoms with E-state index in [4.69, 9.17) is 0 Å². The lowest BCUT2D eigenvalue weighted by atomic mass is 10.1. The largest absolute Gasteiger partial charge is 0.381 e. The summed E-state index contributed by atoms with van der Waals surface area (Å²) in [5.74, 6) is -0.0840. The van der Waals surface area contributed by atoms with Crippen LogP contribution in [0.3, 0.4) is 0 Å². The van der Waals surface area contributed by atoms with E-state index in [-0.39, 0.29) is 5.91 Å². The molecular weight excluding hydrogens is 240 g/mol. The lowest BCUT2D eigenvalue weighted by Gasteiger charge is -2.08. The van der Waals surface area contributed by atoms with E-state index in [0.717, 1.165) is 22.6 Å². The Morgan fingerprint density at radius 1 is 1.37 bits per heavy atom. The average molecular weight is 258 g/mol. The van der Waals surface area contributed by atoms with Crippen LogP contribution in [-0.2, 0) is 6.54 Å².